The number of nitrogens with zero attached hydrogens (tertiary/aromatic N) is 4. The monoisotopic (exact) mass is 414 g/mol. The largest absolute Gasteiger partial charge is 0.507 e. The number of allylic oxidation sites excluding steroid dienone is 5. The molecule has 0 bridgehead atoms. The topological polar surface area (TPSA) is 104 Å². The first-order chi connectivity index (χ1) is 15.6. The molecule has 5 rings (SSSR count). The smallest absolute Gasteiger partial charge is 0.138 e. The Balaban J connectivity index is 2.05. The van der Waals surface area contributed by atoms with Crippen LogP contribution < -0.4 is 0 Å². The minimum absolute atomic E-state index is 0.0249. The Kier molecular flexibility index (Phi) is 4.19. The average Bonchev–Trinajstić information content (AvgIpc) is 3.30. The van der Waals surface area contributed by atoms with Crippen LogP contribution in [0.5, 0.6) is 5.75 Å². The summed E-state index contributed by atoms with van der Waals surface area (Å²) in [5.74, 6) is -0.572. The Hall–Kier alpha value is -4.99. The molecule has 0 saturated carbocycles. The molecule has 6 heteroatoms. The summed E-state index contributed by atoms with van der Waals surface area (Å²) in [4.78, 5) is 4.43. The first-order valence-corrected chi connectivity index (χ1v) is 9.59. The van der Waals surface area contributed by atoms with E-state index < -0.39 is 5.82 Å². The molecule has 0 saturated heterocycles. The average molecular weight is 414 g/mol. The summed E-state index contributed by atoms with van der Waals surface area (Å²) in [6.45, 7) is 0. The highest BCUT2D eigenvalue weighted by Crippen LogP contribution is 2.56. The maximum Gasteiger partial charge on any atom is 0.138 e. The van der Waals surface area contributed by atoms with Crippen molar-refractivity contribution in [3.63, 3.8) is 0 Å². The lowest BCUT2D eigenvalue weighted by Gasteiger charge is -2.12. The minimum Gasteiger partial charge on any atom is -0.507 e. The summed E-state index contributed by atoms with van der Waals surface area (Å²) < 4.78 is 15.1. The highest BCUT2D eigenvalue weighted by molar-refractivity contribution is 6.20. The molecular formula is C26H11FN4O. The highest BCUT2D eigenvalue weighted by Gasteiger charge is 2.38. The van der Waals surface area contributed by atoms with Gasteiger partial charge in [0.05, 0.1) is 17.3 Å². The molecule has 2 aliphatic rings. The molecule has 1 heterocycles. The molecule has 0 aliphatic heterocycles. The zero-order valence-electron chi connectivity index (χ0n) is 16.4. The van der Waals surface area contributed by atoms with Crippen molar-refractivity contribution in [2.45, 2.75) is 0 Å². The van der Waals surface area contributed by atoms with E-state index >= 15 is 4.39 Å². The van der Waals surface area contributed by atoms with Crippen molar-refractivity contribution in [1.82, 2.24) is 4.98 Å². The number of phenols is 1. The SMILES string of the molecule is N#C/C=C1/C(=C2\c3cccnc3-c3c(O)cccc32)C(=C(C#N)C#N)c2c(F)cccc21. The molecule has 5 nitrogen and oxygen atoms in total. The molecule has 0 radical (unpaired) electrons. The molecule has 3 aromatic rings. The van der Waals surface area contributed by atoms with Crippen molar-refractivity contribution >= 4 is 16.7 Å². The second-order valence-corrected chi connectivity index (χ2v) is 7.17. The van der Waals surface area contributed by atoms with Crippen LogP contribution in [0.2, 0.25) is 0 Å². The number of hydrogen-bond donors (Lipinski definition) is 1. The number of fused-ring (bicyclic) bond motifs is 4. The van der Waals surface area contributed by atoms with Crippen molar-refractivity contribution in [3.8, 4) is 35.2 Å². The fraction of sp³-hybridized carbons (Fsp3) is 0. The van der Waals surface area contributed by atoms with Gasteiger partial charge in [0.2, 0.25) is 0 Å². The third kappa shape index (κ3) is 2.43. The van der Waals surface area contributed by atoms with Gasteiger partial charge in [0, 0.05) is 45.7 Å². The Morgan fingerprint density at radius 1 is 0.875 bits per heavy atom. The number of aromatic hydroxyl groups is 1. The van der Waals surface area contributed by atoms with Gasteiger partial charge in [-0.3, -0.25) is 4.98 Å². The van der Waals surface area contributed by atoms with Crippen LogP contribution in [0, 0.1) is 39.8 Å². The van der Waals surface area contributed by atoms with E-state index in [0.29, 0.717) is 44.7 Å². The van der Waals surface area contributed by atoms with Crippen molar-refractivity contribution in [2.24, 2.45) is 0 Å². The number of aromatic nitrogens is 1. The maximum absolute atomic E-state index is 15.1. The molecule has 148 valence electrons. The van der Waals surface area contributed by atoms with E-state index in [4.69, 9.17) is 0 Å². The van der Waals surface area contributed by atoms with Gasteiger partial charge in [-0.05, 0) is 29.3 Å². The number of rotatable bonds is 0. The Morgan fingerprint density at radius 3 is 2.34 bits per heavy atom. The second kappa shape index (κ2) is 7.06. The number of benzene rings is 2. The summed E-state index contributed by atoms with van der Waals surface area (Å²) in [5, 5.41) is 39.5. The van der Waals surface area contributed by atoms with Crippen LogP contribution in [0.1, 0.15) is 22.3 Å². The van der Waals surface area contributed by atoms with Gasteiger partial charge in [0.25, 0.3) is 0 Å². The summed E-state index contributed by atoms with van der Waals surface area (Å²) in [5.41, 5.74) is 4.09. The van der Waals surface area contributed by atoms with Crippen LogP contribution in [0.4, 0.5) is 4.39 Å². The summed E-state index contributed by atoms with van der Waals surface area (Å²) >= 11 is 0. The molecule has 0 atom stereocenters. The van der Waals surface area contributed by atoms with Crippen LogP contribution in [-0.4, -0.2) is 10.1 Å². The normalized spacial score (nSPS) is 16.6. The number of hydrogen-bond acceptors (Lipinski definition) is 5. The highest BCUT2D eigenvalue weighted by atomic mass is 19.1. The lowest BCUT2D eigenvalue weighted by atomic mass is 9.89. The van der Waals surface area contributed by atoms with Crippen molar-refractivity contribution in [3.05, 3.63) is 100 Å². The predicted molar refractivity (Wildman–Crippen MR) is 115 cm³/mol. The van der Waals surface area contributed by atoms with Crippen molar-refractivity contribution in [1.29, 1.82) is 15.8 Å². The molecule has 0 unspecified atom stereocenters. The predicted octanol–water partition coefficient (Wildman–Crippen LogP) is 5.13. The first kappa shape index (κ1) is 19.0. The van der Waals surface area contributed by atoms with Crippen LogP contribution in [-0.2, 0) is 0 Å². The third-order valence-corrected chi connectivity index (χ3v) is 5.63. The molecule has 0 spiro atoms. The maximum atomic E-state index is 15.1. The van der Waals surface area contributed by atoms with E-state index in [2.05, 4.69) is 4.98 Å². The van der Waals surface area contributed by atoms with Gasteiger partial charge in [0.1, 0.15) is 29.3 Å². The standard InChI is InChI=1S/C26H11FN4O/c27-19-7-1-4-15-16(9-10-28)25(21(23(15)19)14(12-29)13-30)22-17-5-2-8-20(32)24(17)26-18(22)6-3-11-31-26/h1-9,11,32H/b16-9+,25-22+. The zero-order valence-corrected chi connectivity index (χ0v) is 16.4. The van der Waals surface area contributed by atoms with Crippen LogP contribution >= 0.6 is 0 Å². The van der Waals surface area contributed by atoms with E-state index in [1.54, 1.807) is 36.5 Å². The van der Waals surface area contributed by atoms with Gasteiger partial charge >= 0.3 is 0 Å². The molecule has 2 aromatic carbocycles. The third-order valence-electron chi connectivity index (χ3n) is 5.63. The first-order valence-electron chi connectivity index (χ1n) is 9.59. The Morgan fingerprint density at radius 2 is 1.59 bits per heavy atom. The minimum atomic E-state index is -0.597. The number of nitriles is 3. The molecule has 32 heavy (non-hydrogen) atoms. The molecule has 0 fully saturated rings. The number of phenolic OH excluding ortho intramolecular Hbond substituents is 1. The molecule has 0 amide bonds. The van der Waals surface area contributed by atoms with E-state index in [-0.39, 0.29) is 22.5 Å². The zero-order chi connectivity index (χ0) is 22.4. The van der Waals surface area contributed by atoms with E-state index in [1.807, 2.05) is 24.3 Å². The molecular weight excluding hydrogens is 403 g/mol. The fourth-order valence-electron chi connectivity index (χ4n) is 4.48. The second-order valence-electron chi connectivity index (χ2n) is 7.17. The van der Waals surface area contributed by atoms with Crippen molar-refractivity contribution in [2.75, 3.05) is 0 Å². The summed E-state index contributed by atoms with van der Waals surface area (Å²) in [6, 6.07) is 18.8. The Bertz CT molecular complexity index is 1560. The quantitative estimate of drug-likeness (QED) is 0.402. The lowest BCUT2D eigenvalue weighted by molar-refractivity contribution is 0.477. The Labute approximate surface area is 182 Å². The molecule has 1 N–H and O–H groups in total. The van der Waals surface area contributed by atoms with Gasteiger partial charge < -0.3 is 5.11 Å². The number of halogens is 1. The summed E-state index contributed by atoms with van der Waals surface area (Å²) in [7, 11) is 0. The van der Waals surface area contributed by atoms with Gasteiger partial charge in [0.15, 0.2) is 0 Å². The van der Waals surface area contributed by atoms with Gasteiger partial charge in [-0.25, -0.2) is 4.39 Å². The van der Waals surface area contributed by atoms with Gasteiger partial charge in [-0.1, -0.05) is 30.3 Å². The van der Waals surface area contributed by atoms with Crippen LogP contribution in [0.15, 0.2) is 72.0 Å². The lowest BCUT2D eigenvalue weighted by Crippen LogP contribution is -1.95. The van der Waals surface area contributed by atoms with E-state index in [0.717, 1.165) is 0 Å². The molecule has 1 aromatic heterocycles. The van der Waals surface area contributed by atoms with Gasteiger partial charge in [-0.15, -0.1) is 0 Å². The van der Waals surface area contributed by atoms with E-state index in [1.165, 1.54) is 18.2 Å². The van der Waals surface area contributed by atoms with Crippen LogP contribution in [0.25, 0.3) is 28.0 Å². The summed E-state index contributed by atoms with van der Waals surface area (Å²) in [6.07, 6.45) is 2.89. The van der Waals surface area contributed by atoms with Crippen molar-refractivity contribution < 1.29 is 9.50 Å². The van der Waals surface area contributed by atoms with Gasteiger partial charge in [-0.2, -0.15) is 15.8 Å². The fourth-order valence-corrected chi connectivity index (χ4v) is 4.48. The van der Waals surface area contributed by atoms with Crippen LogP contribution in [0.3, 0.4) is 0 Å². The van der Waals surface area contributed by atoms with E-state index in [9.17, 15) is 20.9 Å². The number of pyridine rings is 1. The molecule has 2 aliphatic carbocycles.